The molecule has 0 spiro atoms. The molecule has 0 bridgehead atoms. The fraction of sp³-hybridized carbons (Fsp3) is 0.0800. The van der Waals surface area contributed by atoms with Gasteiger partial charge in [0.1, 0.15) is 0 Å². The van der Waals surface area contributed by atoms with E-state index < -0.39 is 0 Å². The Morgan fingerprint density at radius 1 is 0.346 bits per heavy atom. The number of fused-ring (bicyclic) bond motifs is 9. The molecule has 1 aliphatic carbocycles. The Bertz CT molecular complexity index is 3000. The van der Waals surface area contributed by atoms with Crippen molar-refractivity contribution in [1.29, 1.82) is 0 Å². The molecule has 2 nitrogen and oxygen atoms in total. The maximum Gasteiger partial charge on any atom is 0.0575 e. The van der Waals surface area contributed by atoms with Gasteiger partial charge in [0.05, 0.1) is 27.8 Å². The van der Waals surface area contributed by atoms with Gasteiger partial charge in [-0.05, 0) is 101 Å². The molecule has 0 aliphatic heterocycles. The Kier molecular flexibility index (Phi) is 6.54. The Balaban J connectivity index is 1.29. The van der Waals surface area contributed by atoms with Crippen LogP contribution in [0.1, 0.15) is 24.0 Å². The zero-order chi connectivity index (χ0) is 34.2. The van der Waals surface area contributed by atoms with Crippen molar-refractivity contribution in [3.8, 4) is 33.6 Å². The van der Waals surface area contributed by atoms with Gasteiger partial charge in [-0.3, -0.25) is 0 Å². The smallest absolute Gasteiger partial charge is 0.0575 e. The van der Waals surface area contributed by atoms with Crippen LogP contribution in [0.4, 0.5) is 0 Å². The molecule has 2 aromatic heterocycles. The van der Waals surface area contributed by atoms with E-state index in [1.165, 1.54) is 112 Å². The lowest BCUT2D eigenvalue weighted by Gasteiger charge is -2.28. The summed E-state index contributed by atoms with van der Waals surface area (Å²) in [5.74, 6) is 0. The average molecular weight is 665 g/mol. The van der Waals surface area contributed by atoms with Crippen molar-refractivity contribution >= 4 is 54.4 Å². The lowest BCUT2D eigenvalue weighted by molar-refractivity contribution is 0.685. The van der Waals surface area contributed by atoms with Crippen LogP contribution in [0, 0.1) is 0 Å². The van der Waals surface area contributed by atoms with Crippen LogP contribution in [-0.2, 0) is 12.8 Å². The monoisotopic (exact) mass is 664 g/mol. The van der Waals surface area contributed by atoms with Crippen molar-refractivity contribution in [3.63, 3.8) is 0 Å². The van der Waals surface area contributed by atoms with Crippen molar-refractivity contribution < 1.29 is 0 Å². The van der Waals surface area contributed by atoms with Gasteiger partial charge in [-0.25, -0.2) is 0 Å². The standard InChI is InChI=1S/C50H36N2/c1-3-17-33(18-4-1)35-21-7-8-22-36(35)47-37-23-9-11-25-39(37)50(40-26-12-10-24-38(40)47)52-44-30-16-14-28-42(44)49-46(52)32-31-45-48(49)41-27-13-15-29-43(41)51(45)34-19-5-2-6-20-34/h1-9,11,13-23,25,27-32H,10,12,24,26H2. The average Bonchev–Trinajstić information content (AvgIpc) is 3.73. The fourth-order valence-corrected chi connectivity index (χ4v) is 9.42. The maximum absolute atomic E-state index is 2.62. The molecule has 8 aromatic carbocycles. The summed E-state index contributed by atoms with van der Waals surface area (Å²) in [4.78, 5) is 0. The minimum atomic E-state index is 1.07. The minimum absolute atomic E-state index is 1.07. The molecule has 0 atom stereocenters. The molecule has 1 aliphatic rings. The number of rotatable bonds is 4. The molecule has 2 heterocycles. The zero-order valence-corrected chi connectivity index (χ0v) is 28.9. The first-order valence-corrected chi connectivity index (χ1v) is 18.6. The molecule has 0 fully saturated rings. The molecule has 10 aromatic rings. The van der Waals surface area contributed by atoms with E-state index in [9.17, 15) is 0 Å². The molecule has 0 saturated carbocycles. The van der Waals surface area contributed by atoms with Crippen LogP contribution in [0.3, 0.4) is 0 Å². The third kappa shape index (κ3) is 4.18. The summed E-state index contributed by atoms with van der Waals surface area (Å²) in [5, 5.41) is 7.87. The van der Waals surface area contributed by atoms with E-state index in [1.807, 2.05) is 0 Å². The van der Waals surface area contributed by atoms with E-state index in [-0.39, 0.29) is 0 Å². The van der Waals surface area contributed by atoms with E-state index in [1.54, 1.807) is 0 Å². The molecule has 52 heavy (non-hydrogen) atoms. The largest absolute Gasteiger partial charge is 0.309 e. The molecule has 2 heteroatoms. The highest BCUT2D eigenvalue weighted by Crippen LogP contribution is 2.48. The molecular formula is C50H36N2. The van der Waals surface area contributed by atoms with Crippen LogP contribution in [0.25, 0.3) is 88.0 Å². The third-order valence-corrected chi connectivity index (χ3v) is 11.5. The predicted molar refractivity (Wildman–Crippen MR) is 220 cm³/mol. The second kappa shape index (κ2) is 11.6. The molecule has 0 unspecified atom stereocenters. The Morgan fingerprint density at radius 2 is 0.846 bits per heavy atom. The van der Waals surface area contributed by atoms with E-state index in [0.717, 1.165) is 12.8 Å². The number of aromatic nitrogens is 2. The van der Waals surface area contributed by atoms with Crippen molar-refractivity contribution in [2.75, 3.05) is 0 Å². The first kappa shape index (κ1) is 29.4. The second-order valence-corrected chi connectivity index (χ2v) is 14.2. The highest BCUT2D eigenvalue weighted by molar-refractivity contribution is 6.29. The van der Waals surface area contributed by atoms with Gasteiger partial charge in [0.15, 0.2) is 0 Å². The first-order valence-electron chi connectivity index (χ1n) is 18.6. The quantitative estimate of drug-likeness (QED) is 0.177. The van der Waals surface area contributed by atoms with E-state index >= 15 is 0 Å². The van der Waals surface area contributed by atoms with Gasteiger partial charge in [-0.15, -0.1) is 0 Å². The van der Waals surface area contributed by atoms with E-state index in [2.05, 4.69) is 179 Å². The van der Waals surface area contributed by atoms with Crippen LogP contribution in [0.2, 0.25) is 0 Å². The molecule has 11 rings (SSSR count). The molecular weight excluding hydrogens is 629 g/mol. The lowest BCUT2D eigenvalue weighted by Crippen LogP contribution is -2.11. The van der Waals surface area contributed by atoms with Crippen LogP contribution >= 0.6 is 0 Å². The summed E-state index contributed by atoms with van der Waals surface area (Å²) in [6, 6.07) is 62.7. The molecule has 0 amide bonds. The molecule has 0 saturated heterocycles. The summed E-state index contributed by atoms with van der Waals surface area (Å²) in [6.45, 7) is 0. The van der Waals surface area contributed by atoms with E-state index in [0.29, 0.717) is 0 Å². The number of hydrogen-bond donors (Lipinski definition) is 0. The summed E-state index contributed by atoms with van der Waals surface area (Å²) < 4.78 is 5.06. The Morgan fingerprint density at radius 3 is 1.54 bits per heavy atom. The van der Waals surface area contributed by atoms with Gasteiger partial charge in [-0.2, -0.15) is 0 Å². The Hall–Kier alpha value is -6.38. The van der Waals surface area contributed by atoms with Gasteiger partial charge >= 0.3 is 0 Å². The number of hydrogen-bond acceptors (Lipinski definition) is 0. The second-order valence-electron chi connectivity index (χ2n) is 14.2. The van der Waals surface area contributed by atoms with Crippen molar-refractivity contribution in [1.82, 2.24) is 9.13 Å². The number of para-hydroxylation sites is 3. The SMILES string of the molecule is c1ccc(-c2ccccc2-c2c3c(c(-n4c5ccccc5c5c6c7ccccc7n(-c7ccccc7)c6ccc54)c4ccccc24)CCCC3)cc1. The zero-order valence-electron chi connectivity index (χ0n) is 28.9. The maximum atomic E-state index is 2.62. The molecule has 246 valence electrons. The lowest BCUT2D eigenvalue weighted by atomic mass is 9.79. The highest BCUT2D eigenvalue weighted by Gasteiger charge is 2.28. The first-order chi connectivity index (χ1) is 25.9. The van der Waals surface area contributed by atoms with E-state index in [4.69, 9.17) is 0 Å². The summed E-state index contributed by atoms with van der Waals surface area (Å²) in [5.41, 5.74) is 15.8. The van der Waals surface area contributed by atoms with Crippen LogP contribution in [0.15, 0.2) is 170 Å². The Labute approximate surface area is 302 Å². The minimum Gasteiger partial charge on any atom is -0.309 e. The van der Waals surface area contributed by atoms with Crippen molar-refractivity contribution in [3.05, 3.63) is 181 Å². The van der Waals surface area contributed by atoms with Crippen molar-refractivity contribution in [2.45, 2.75) is 25.7 Å². The van der Waals surface area contributed by atoms with Crippen LogP contribution in [0.5, 0.6) is 0 Å². The summed E-state index contributed by atoms with van der Waals surface area (Å²) >= 11 is 0. The van der Waals surface area contributed by atoms with Gasteiger partial charge in [0, 0.05) is 32.6 Å². The summed E-state index contributed by atoms with van der Waals surface area (Å²) in [7, 11) is 0. The fourth-order valence-electron chi connectivity index (χ4n) is 9.42. The topological polar surface area (TPSA) is 9.86 Å². The van der Waals surface area contributed by atoms with Crippen LogP contribution in [-0.4, -0.2) is 9.13 Å². The highest BCUT2D eigenvalue weighted by atomic mass is 15.0. The van der Waals surface area contributed by atoms with Crippen molar-refractivity contribution in [2.24, 2.45) is 0 Å². The molecule has 0 N–H and O–H groups in total. The van der Waals surface area contributed by atoms with Gasteiger partial charge in [0.2, 0.25) is 0 Å². The molecule has 0 radical (unpaired) electrons. The number of benzene rings is 8. The normalized spacial score (nSPS) is 13.1. The third-order valence-electron chi connectivity index (χ3n) is 11.5. The van der Waals surface area contributed by atoms with Gasteiger partial charge in [-0.1, -0.05) is 133 Å². The van der Waals surface area contributed by atoms with Crippen LogP contribution < -0.4 is 0 Å². The van der Waals surface area contributed by atoms with Gasteiger partial charge in [0.25, 0.3) is 0 Å². The summed E-state index contributed by atoms with van der Waals surface area (Å²) in [6.07, 6.45) is 4.55. The predicted octanol–water partition coefficient (Wildman–Crippen LogP) is 13.2. The van der Waals surface area contributed by atoms with Gasteiger partial charge < -0.3 is 9.13 Å². The number of nitrogens with zero attached hydrogens (tertiary/aromatic N) is 2.